The summed E-state index contributed by atoms with van der Waals surface area (Å²) in [6, 6.07) is 0. The molecule has 0 saturated carbocycles. The molecule has 1 atom stereocenters. The van der Waals surface area contributed by atoms with E-state index in [-0.39, 0.29) is 19.2 Å². The van der Waals surface area contributed by atoms with Crippen molar-refractivity contribution < 1.29 is 19.7 Å². The summed E-state index contributed by atoms with van der Waals surface area (Å²) in [5.74, 6) is 0.997. The molecule has 0 bridgehead atoms. The summed E-state index contributed by atoms with van der Waals surface area (Å²) in [4.78, 5) is 11.3. The minimum absolute atomic E-state index is 0.117. The van der Waals surface area contributed by atoms with Crippen LogP contribution in [0.25, 0.3) is 0 Å². The summed E-state index contributed by atoms with van der Waals surface area (Å²) in [7, 11) is 0. The fraction of sp³-hybridized carbons (Fsp3) is 0.947. The van der Waals surface area contributed by atoms with Crippen molar-refractivity contribution in [3.05, 3.63) is 0 Å². The third-order valence-electron chi connectivity index (χ3n) is 4.01. The summed E-state index contributed by atoms with van der Waals surface area (Å²) < 4.78 is 4.84. The van der Waals surface area contributed by atoms with Gasteiger partial charge in [0.05, 0.1) is 12.4 Å². The Morgan fingerprint density at radius 1 is 0.917 bits per heavy atom. The van der Waals surface area contributed by atoms with E-state index in [0.29, 0.717) is 5.75 Å². The van der Waals surface area contributed by atoms with E-state index in [9.17, 15) is 4.79 Å². The minimum Gasteiger partial charge on any atom is -0.462 e. The van der Waals surface area contributed by atoms with Crippen LogP contribution < -0.4 is 0 Å². The molecule has 0 saturated heterocycles. The van der Waals surface area contributed by atoms with Crippen LogP contribution in [0.15, 0.2) is 0 Å². The topological polar surface area (TPSA) is 66.8 Å². The van der Waals surface area contributed by atoms with Gasteiger partial charge in [0.25, 0.3) is 0 Å². The number of carbonyl (C=O) groups is 1. The highest BCUT2D eigenvalue weighted by Gasteiger charge is 2.07. The lowest BCUT2D eigenvalue weighted by molar-refractivity contribution is -0.144. The fourth-order valence-electron chi connectivity index (χ4n) is 2.48. The number of thioether (sulfide) groups is 1. The Morgan fingerprint density at radius 2 is 1.42 bits per heavy atom. The zero-order chi connectivity index (χ0) is 17.9. The Morgan fingerprint density at radius 3 is 1.92 bits per heavy atom. The summed E-state index contributed by atoms with van der Waals surface area (Å²) in [6.45, 7) is 1.77. The lowest BCUT2D eigenvalue weighted by atomic mass is 10.1. The molecule has 0 aliphatic rings. The number of esters is 1. The van der Waals surface area contributed by atoms with Gasteiger partial charge in [-0.1, -0.05) is 77.6 Å². The van der Waals surface area contributed by atoms with Gasteiger partial charge in [0.2, 0.25) is 0 Å². The van der Waals surface area contributed by atoms with Crippen molar-refractivity contribution in [2.24, 2.45) is 0 Å². The van der Waals surface area contributed by atoms with Crippen molar-refractivity contribution in [3.63, 3.8) is 0 Å². The fourth-order valence-corrected chi connectivity index (χ4v) is 3.29. The lowest BCUT2D eigenvalue weighted by Gasteiger charge is -2.08. The maximum atomic E-state index is 11.3. The van der Waals surface area contributed by atoms with Gasteiger partial charge in [-0.15, -0.1) is 0 Å². The molecular weight excluding hydrogens is 324 g/mol. The van der Waals surface area contributed by atoms with Gasteiger partial charge >= 0.3 is 5.97 Å². The average Bonchev–Trinajstić information content (AvgIpc) is 2.59. The number of hydrogen-bond donors (Lipinski definition) is 2. The lowest BCUT2D eigenvalue weighted by Crippen LogP contribution is -2.22. The molecule has 0 aromatic rings. The highest BCUT2D eigenvalue weighted by Crippen LogP contribution is 2.13. The van der Waals surface area contributed by atoms with Crippen LogP contribution in [0.3, 0.4) is 0 Å². The van der Waals surface area contributed by atoms with Gasteiger partial charge in [-0.3, -0.25) is 4.79 Å². The first-order valence-electron chi connectivity index (χ1n) is 9.73. The van der Waals surface area contributed by atoms with Gasteiger partial charge in [-0.2, -0.15) is 11.8 Å². The number of unbranched alkanes of at least 4 members (excludes halogenated alkanes) is 11. The van der Waals surface area contributed by atoms with Crippen LogP contribution in [0.2, 0.25) is 0 Å². The Balaban J connectivity index is 3.13. The molecule has 0 amide bonds. The molecule has 0 aromatic carbocycles. The SMILES string of the molecule is CCCCCCCCCCCCCCSCC(=O)OCC(O)CO. The molecule has 0 radical (unpaired) electrons. The highest BCUT2D eigenvalue weighted by atomic mass is 32.2. The molecule has 0 rings (SSSR count). The van der Waals surface area contributed by atoms with E-state index >= 15 is 0 Å². The predicted molar refractivity (Wildman–Crippen MR) is 102 cm³/mol. The molecule has 5 heteroatoms. The molecule has 0 spiro atoms. The molecular formula is C19H38O4S. The number of carbonyl (C=O) groups excluding carboxylic acids is 1. The van der Waals surface area contributed by atoms with Crippen molar-refractivity contribution in [2.45, 2.75) is 90.1 Å². The van der Waals surface area contributed by atoms with Crippen molar-refractivity contribution in [3.8, 4) is 0 Å². The third-order valence-corrected chi connectivity index (χ3v) is 5.03. The Hall–Kier alpha value is -0.260. The number of hydrogen-bond acceptors (Lipinski definition) is 5. The highest BCUT2D eigenvalue weighted by molar-refractivity contribution is 7.99. The van der Waals surface area contributed by atoms with Crippen molar-refractivity contribution in [2.75, 3.05) is 24.7 Å². The first-order valence-corrected chi connectivity index (χ1v) is 10.9. The van der Waals surface area contributed by atoms with E-state index < -0.39 is 6.10 Å². The van der Waals surface area contributed by atoms with Crippen LogP contribution in [0.5, 0.6) is 0 Å². The summed E-state index contributed by atoms with van der Waals surface area (Å²) in [5, 5.41) is 17.7. The van der Waals surface area contributed by atoms with Crippen molar-refractivity contribution in [1.82, 2.24) is 0 Å². The van der Waals surface area contributed by atoms with Crippen LogP contribution in [0, 0.1) is 0 Å². The number of ether oxygens (including phenoxy) is 1. The first kappa shape index (κ1) is 23.7. The Bertz CT molecular complexity index is 274. The average molecular weight is 363 g/mol. The van der Waals surface area contributed by atoms with Gasteiger partial charge in [-0.05, 0) is 12.2 Å². The Kier molecular flexibility index (Phi) is 18.9. The van der Waals surface area contributed by atoms with E-state index in [4.69, 9.17) is 14.9 Å². The second-order valence-electron chi connectivity index (χ2n) is 6.46. The maximum absolute atomic E-state index is 11.3. The first-order chi connectivity index (χ1) is 11.7. The molecule has 0 aromatic heterocycles. The maximum Gasteiger partial charge on any atom is 0.315 e. The van der Waals surface area contributed by atoms with Crippen LogP contribution in [-0.4, -0.2) is 47.0 Å². The molecule has 0 heterocycles. The van der Waals surface area contributed by atoms with E-state index in [1.165, 1.54) is 70.6 Å². The van der Waals surface area contributed by atoms with E-state index in [0.717, 1.165) is 12.2 Å². The van der Waals surface area contributed by atoms with Gasteiger partial charge in [0.15, 0.2) is 0 Å². The molecule has 24 heavy (non-hydrogen) atoms. The van der Waals surface area contributed by atoms with Crippen LogP contribution in [-0.2, 0) is 9.53 Å². The van der Waals surface area contributed by atoms with E-state index in [1.807, 2.05) is 0 Å². The summed E-state index contributed by atoms with van der Waals surface area (Å²) >= 11 is 1.58. The van der Waals surface area contributed by atoms with Crippen LogP contribution >= 0.6 is 11.8 Å². The second kappa shape index (κ2) is 19.1. The molecule has 4 nitrogen and oxygen atoms in total. The van der Waals surface area contributed by atoms with Crippen molar-refractivity contribution >= 4 is 17.7 Å². The summed E-state index contributed by atoms with van der Waals surface area (Å²) in [5.41, 5.74) is 0. The largest absolute Gasteiger partial charge is 0.462 e. The zero-order valence-electron chi connectivity index (χ0n) is 15.5. The van der Waals surface area contributed by atoms with Gasteiger partial charge in [0, 0.05) is 0 Å². The normalized spacial score (nSPS) is 12.3. The predicted octanol–water partition coefficient (Wildman–Crippen LogP) is 4.32. The van der Waals surface area contributed by atoms with E-state index in [1.54, 1.807) is 11.8 Å². The van der Waals surface area contributed by atoms with Gasteiger partial charge < -0.3 is 14.9 Å². The molecule has 2 N–H and O–H groups in total. The molecule has 0 aliphatic heterocycles. The monoisotopic (exact) mass is 362 g/mol. The van der Waals surface area contributed by atoms with Crippen LogP contribution in [0.1, 0.15) is 84.0 Å². The van der Waals surface area contributed by atoms with Crippen LogP contribution in [0.4, 0.5) is 0 Å². The number of rotatable bonds is 18. The Labute approximate surface area is 152 Å². The quantitative estimate of drug-likeness (QED) is 0.281. The molecule has 1 unspecified atom stereocenters. The number of aliphatic hydroxyl groups is 2. The second-order valence-corrected chi connectivity index (χ2v) is 7.57. The van der Waals surface area contributed by atoms with Gasteiger partial charge in [-0.25, -0.2) is 0 Å². The molecule has 144 valence electrons. The van der Waals surface area contributed by atoms with E-state index in [2.05, 4.69) is 6.92 Å². The summed E-state index contributed by atoms with van der Waals surface area (Å²) in [6.07, 6.45) is 15.1. The molecule has 0 aliphatic carbocycles. The van der Waals surface area contributed by atoms with Crippen molar-refractivity contribution in [1.29, 1.82) is 0 Å². The number of aliphatic hydroxyl groups excluding tert-OH is 2. The third kappa shape index (κ3) is 18.1. The molecule has 0 fully saturated rings. The van der Waals surface area contributed by atoms with Gasteiger partial charge in [0.1, 0.15) is 12.7 Å². The standard InChI is InChI=1S/C19H38O4S/c1-2-3-4-5-6-7-8-9-10-11-12-13-14-24-17-19(22)23-16-18(21)15-20/h18,20-21H,2-17H2,1H3. The minimum atomic E-state index is -0.963. The zero-order valence-corrected chi connectivity index (χ0v) is 16.3. The smallest absolute Gasteiger partial charge is 0.315 e.